The van der Waals surface area contributed by atoms with Crippen molar-refractivity contribution < 1.29 is 52.1 Å². The molecule has 1 aliphatic heterocycles. The van der Waals surface area contributed by atoms with Gasteiger partial charge in [-0.1, -0.05) is 12.1 Å². The normalized spacial score (nSPS) is 22.8. The van der Waals surface area contributed by atoms with E-state index in [1.807, 2.05) is 0 Å². The standard InChI is InChI=1S/C24H28N2O12/c1-12(27)25-20-22(35-15(4)30)21(34-14(3)29)18(11-33-13(2)28)36-23(20)38-19(31)9-10-26-16-7-5-6-8-17(16)37-24(26)32/h5-8,18,20-23H,9-11H2,1-4H3,(H,25,27)/t18-,20+,21+,22+,23+/m1/s1. The largest absolute Gasteiger partial charge is 0.463 e. The van der Waals surface area contributed by atoms with Crippen LogP contribution < -0.4 is 11.1 Å². The Bertz CT molecular complexity index is 1260. The number of para-hydroxylation sites is 2. The van der Waals surface area contributed by atoms with Crippen molar-refractivity contribution in [3.63, 3.8) is 0 Å². The van der Waals surface area contributed by atoms with Gasteiger partial charge < -0.3 is 33.4 Å². The van der Waals surface area contributed by atoms with Gasteiger partial charge in [0.2, 0.25) is 12.2 Å². The van der Waals surface area contributed by atoms with Crippen LogP contribution in [0.25, 0.3) is 11.1 Å². The Balaban J connectivity index is 1.85. The number of aromatic nitrogens is 1. The smallest absolute Gasteiger partial charge is 0.419 e. The highest BCUT2D eigenvalue weighted by molar-refractivity contribution is 5.75. The number of benzene rings is 1. The van der Waals surface area contributed by atoms with Gasteiger partial charge in [-0.05, 0) is 12.1 Å². The maximum atomic E-state index is 12.8. The highest BCUT2D eigenvalue weighted by Crippen LogP contribution is 2.28. The van der Waals surface area contributed by atoms with Crippen LogP contribution in [0, 0.1) is 0 Å². The molecule has 1 fully saturated rings. The van der Waals surface area contributed by atoms with Crippen LogP contribution in [0.5, 0.6) is 0 Å². The lowest BCUT2D eigenvalue weighted by Gasteiger charge is -2.44. The van der Waals surface area contributed by atoms with E-state index in [0.717, 1.165) is 20.8 Å². The molecule has 0 spiro atoms. The number of carbonyl (C=O) groups excluding carboxylic acids is 5. The molecule has 2 heterocycles. The summed E-state index contributed by atoms with van der Waals surface area (Å²) in [6.45, 7) is 3.99. The molecule has 5 atom stereocenters. The van der Waals surface area contributed by atoms with Crippen LogP contribution in [0.2, 0.25) is 0 Å². The average molecular weight is 536 g/mol. The maximum Gasteiger partial charge on any atom is 0.419 e. The number of nitrogens with zero attached hydrogens (tertiary/aromatic N) is 1. The molecule has 1 saturated heterocycles. The molecule has 14 nitrogen and oxygen atoms in total. The number of carbonyl (C=O) groups is 5. The van der Waals surface area contributed by atoms with Crippen LogP contribution >= 0.6 is 0 Å². The Morgan fingerprint density at radius 1 is 0.921 bits per heavy atom. The number of fused-ring (bicyclic) bond motifs is 1. The van der Waals surface area contributed by atoms with Crippen LogP contribution in [-0.4, -0.2) is 71.6 Å². The zero-order chi connectivity index (χ0) is 28.0. The van der Waals surface area contributed by atoms with E-state index in [0.29, 0.717) is 11.1 Å². The Morgan fingerprint density at radius 2 is 1.58 bits per heavy atom. The third-order valence-electron chi connectivity index (χ3n) is 5.43. The van der Waals surface area contributed by atoms with Gasteiger partial charge in [-0.3, -0.25) is 28.5 Å². The van der Waals surface area contributed by atoms with Crippen LogP contribution in [-0.2, 0) is 54.2 Å². The van der Waals surface area contributed by atoms with Crippen LogP contribution in [0.4, 0.5) is 0 Å². The van der Waals surface area contributed by atoms with Crippen molar-refractivity contribution in [2.45, 2.75) is 71.3 Å². The van der Waals surface area contributed by atoms with E-state index in [4.69, 9.17) is 28.1 Å². The number of nitrogens with one attached hydrogen (secondary N) is 1. The first-order valence-electron chi connectivity index (χ1n) is 11.6. The van der Waals surface area contributed by atoms with Crippen molar-refractivity contribution >= 4 is 40.9 Å². The summed E-state index contributed by atoms with van der Waals surface area (Å²) in [5, 5.41) is 2.50. The van der Waals surface area contributed by atoms with Crippen molar-refractivity contribution in [1.29, 1.82) is 0 Å². The van der Waals surface area contributed by atoms with Gasteiger partial charge in [0.05, 0.1) is 11.9 Å². The fourth-order valence-corrected chi connectivity index (χ4v) is 4.01. The first kappa shape index (κ1) is 28.4. The number of oxazole rings is 1. The topological polar surface area (TPSA) is 179 Å². The molecule has 1 amide bonds. The summed E-state index contributed by atoms with van der Waals surface area (Å²) < 4.78 is 33.3. The monoisotopic (exact) mass is 536 g/mol. The zero-order valence-corrected chi connectivity index (χ0v) is 21.2. The summed E-state index contributed by atoms with van der Waals surface area (Å²) in [7, 11) is 0. The van der Waals surface area contributed by atoms with E-state index in [-0.39, 0.29) is 13.0 Å². The second kappa shape index (κ2) is 12.4. The van der Waals surface area contributed by atoms with E-state index >= 15 is 0 Å². The van der Waals surface area contributed by atoms with Gasteiger partial charge in [-0.15, -0.1) is 0 Å². The van der Waals surface area contributed by atoms with Crippen molar-refractivity contribution in [2.75, 3.05) is 6.61 Å². The van der Waals surface area contributed by atoms with Crippen LogP contribution in [0.1, 0.15) is 34.1 Å². The first-order valence-corrected chi connectivity index (χ1v) is 11.6. The third kappa shape index (κ3) is 7.18. The van der Waals surface area contributed by atoms with Crippen molar-refractivity contribution in [3.8, 4) is 0 Å². The van der Waals surface area contributed by atoms with Gasteiger partial charge in [-0.2, -0.15) is 0 Å². The van der Waals surface area contributed by atoms with Crippen LogP contribution in [0.15, 0.2) is 33.5 Å². The number of aryl methyl sites for hydroxylation is 1. The van der Waals surface area contributed by atoms with Crippen molar-refractivity contribution in [3.05, 3.63) is 34.8 Å². The van der Waals surface area contributed by atoms with Gasteiger partial charge in [0.1, 0.15) is 18.8 Å². The maximum absolute atomic E-state index is 12.8. The molecular formula is C24H28N2O12. The molecule has 1 N–H and O–H groups in total. The molecule has 2 aromatic rings. The predicted molar refractivity (Wildman–Crippen MR) is 125 cm³/mol. The van der Waals surface area contributed by atoms with Gasteiger partial charge in [0, 0.05) is 34.2 Å². The van der Waals surface area contributed by atoms with Crippen molar-refractivity contribution in [1.82, 2.24) is 9.88 Å². The summed E-state index contributed by atoms with van der Waals surface area (Å²) in [5.74, 6) is -4.31. The molecule has 0 radical (unpaired) electrons. The van der Waals surface area contributed by atoms with E-state index in [1.54, 1.807) is 24.3 Å². The number of rotatable bonds is 9. The lowest BCUT2D eigenvalue weighted by Crippen LogP contribution is -2.66. The minimum absolute atomic E-state index is 0.0907. The fourth-order valence-electron chi connectivity index (χ4n) is 4.01. The molecule has 1 aromatic carbocycles. The molecule has 3 rings (SSSR count). The van der Waals surface area contributed by atoms with E-state index < -0.39 is 72.8 Å². The molecule has 14 heteroatoms. The molecule has 1 aromatic heterocycles. The minimum Gasteiger partial charge on any atom is -0.463 e. The Labute approximate surface area is 216 Å². The van der Waals surface area contributed by atoms with E-state index in [2.05, 4.69) is 5.32 Å². The second-order valence-corrected chi connectivity index (χ2v) is 8.45. The molecule has 38 heavy (non-hydrogen) atoms. The summed E-state index contributed by atoms with van der Waals surface area (Å²) in [6.07, 6.45) is -5.75. The summed E-state index contributed by atoms with van der Waals surface area (Å²) >= 11 is 0. The molecule has 206 valence electrons. The quantitative estimate of drug-likeness (QED) is 0.340. The zero-order valence-electron chi connectivity index (χ0n) is 21.2. The lowest BCUT2D eigenvalue weighted by atomic mass is 9.96. The first-order chi connectivity index (χ1) is 18.0. The Hall–Kier alpha value is -4.20. The van der Waals surface area contributed by atoms with E-state index in [1.165, 1.54) is 11.5 Å². The molecule has 0 unspecified atom stereocenters. The SMILES string of the molecule is CC(=O)N[C@@H]1[C@H](OC(=O)CCn2c(=O)oc3ccccc32)O[C@H](COC(C)=O)[C@H](OC(C)=O)[C@H]1OC(C)=O. The lowest BCUT2D eigenvalue weighted by molar-refractivity contribution is -0.271. The van der Waals surface area contributed by atoms with Gasteiger partial charge in [0.15, 0.2) is 17.8 Å². The highest BCUT2D eigenvalue weighted by atomic mass is 16.7. The number of esters is 4. The second-order valence-electron chi connectivity index (χ2n) is 8.45. The predicted octanol–water partition coefficient (Wildman–Crippen LogP) is 0.184. The average Bonchev–Trinajstić information content (AvgIpc) is 3.14. The summed E-state index contributed by atoms with van der Waals surface area (Å²) in [6, 6.07) is 5.37. The number of hydrogen-bond acceptors (Lipinski definition) is 12. The van der Waals surface area contributed by atoms with Crippen LogP contribution in [0.3, 0.4) is 0 Å². The Morgan fingerprint density at radius 3 is 2.21 bits per heavy atom. The third-order valence-corrected chi connectivity index (χ3v) is 5.43. The van der Waals surface area contributed by atoms with Gasteiger partial charge in [-0.25, -0.2) is 4.79 Å². The van der Waals surface area contributed by atoms with E-state index in [9.17, 15) is 28.8 Å². The van der Waals surface area contributed by atoms with Crippen molar-refractivity contribution in [2.24, 2.45) is 0 Å². The number of ether oxygens (including phenoxy) is 5. The molecule has 0 aliphatic carbocycles. The highest BCUT2D eigenvalue weighted by Gasteiger charge is 2.52. The summed E-state index contributed by atoms with van der Waals surface area (Å²) in [5.41, 5.74) is 0.831. The molecular weight excluding hydrogens is 508 g/mol. The molecule has 0 saturated carbocycles. The molecule has 1 aliphatic rings. The van der Waals surface area contributed by atoms with Gasteiger partial charge in [0.25, 0.3) is 0 Å². The number of hydrogen-bond donors (Lipinski definition) is 1. The molecule has 0 bridgehead atoms. The Kier molecular flexibility index (Phi) is 9.23. The van der Waals surface area contributed by atoms with Gasteiger partial charge >= 0.3 is 29.6 Å². The summed E-state index contributed by atoms with van der Waals surface area (Å²) in [4.78, 5) is 72.1. The minimum atomic E-state index is -1.54. The number of amides is 1. The fraction of sp³-hybridized carbons (Fsp3) is 0.500.